The van der Waals surface area contributed by atoms with Gasteiger partial charge in [0.05, 0.1) is 5.75 Å². The van der Waals surface area contributed by atoms with E-state index in [9.17, 15) is 0 Å². The number of nitrogen functional groups attached to an aromatic ring is 1. The zero-order chi connectivity index (χ0) is 13.0. The molecule has 2 N–H and O–H groups in total. The first-order valence-corrected chi connectivity index (χ1v) is 7.05. The molecule has 0 bridgehead atoms. The summed E-state index contributed by atoms with van der Waals surface area (Å²) < 4.78 is 1.97. The molecule has 96 valence electrons. The van der Waals surface area contributed by atoms with Gasteiger partial charge in [0.1, 0.15) is 12.2 Å². The number of hydrogen-bond acceptors (Lipinski definition) is 4. The van der Waals surface area contributed by atoms with Crippen molar-refractivity contribution in [2.45, 2.75) is 37.5 Å². The molecule has 0 radical (unpaired) electrons. The van der Waals surface area contributed by atoms with Crippen LogP contribution in [0.4, 0.5) is 5.69 Å². The van der Waals surface area contributed by atoms with Crippen LogP contribution in [0.2, 0.25) is 0 Å². The zero-order valence-corrected chi connectivity index (χ0v) is 11.6. The van der Waals surface area contributed by atoms with E-state index in [2.05, 4.69) is 30.0 Å². The van der Waals surface area contributed by atoms with Crippen molar-refractivity contribution in [1.82, 2.24) is 14.8 Å². The fourth-order valence-corrected chi connectivity index (χ4v) is 2.75. The van der Waals surface area contributed by atoms with Crippen LogP contribution in [0.1, 0.15) is 24.7 Å². The smallest absolute Gasteiger partial charge is 0.138 e. The van der Waals surface area contributed by atoms with Crippen molar-refractivity contribution >= 4 is 17.4 Å². The molecule has 4 nitrogen and oxygen atoms in total. The molecule has 0 amide bonds. The first kappa shape index (κ1) is 13.0. The molecule has 0 fully saturated rings. The van der Waals surface area contributed by atoms with Gasteiger partial charge in [0.25, 0.3) is 0 Å². The highest BCUT2D eigenvalue weighted by Crippen LogP contribution is 2.28. The Labute approximate surface area is 112 Å². The molecule has 0 aliphatic rings. The van der Waals surface area contributed by atoms with Crippen LogP contribution < -0.4 is 5.73 Å². The predicted molar refractivity (Wildman–Crippen MR) is 75.5 cm³/mol. The van der Waals surface area contributed by atoms with Crippen molar-refractivity contribution in [2.75, 3.05) is 5.73 Å². The number of aromatic nitrogens is 3. The fraction of sp³-hybridized carbons (Fsp3) is 0.385. The molecule has 0 aliphatic carbocycles. The van der Waals surface area contributed by atoms with Crippen molar-refractivity contribution in [3.63, 3.8) is 0 Å². The van der Waals surface area contributed by atoms with Gasteiger partial charge < -0.3 is 5.73 Å². The SMILES string of the molecule is CCCn1ncnc1CSc1cccc(N)c1C. The summed E-state index contributed by atoms with van der Waals surface area (Å²) in [6, 6.07) is 6.01. The molecule has 0 aliphatic heterocycles. The van der Waals surface area contributed by atoms with Gasteiger partial charge in [-0.15, -0.1) is 11.8 Å². The summed E-state index contributed by atoms with van der Waals surface area (Å²) in [6.45, 7) is 5.11. The minimum atomic E-state index is 0.824. The largest absolute Gasteiger partial charge is 0.398 e. The number of nitrogens with zero attached hydrogens (tertiary/aromatic N) is 3. The van der Waals surface area contributed by atoms with E-state index in [0.29, 0.717) is 0 Å². The normalized spacial score (nSPS) is 10.8. The first-order chi connectivity index (χ1) is 8.72. The Morgan fingerprint density at radius 3 is 3.00 bits per heavy atom. The maximum atomic E-state index is 5.90. The molecule has 0 unspecified atom stereocenters. The number of thioether (sulfide) groups is 1. The molecular formula is C13H18N4S. The standard InChI is InChI=1S/C13H18N4S/c1-3-7-17-13(15-9-16-17)8-18-12-6-4-5-11(14)10(12)2/h4-6,9H,3,7-8,14H2,1-2H3. The van der Waals surface area contributed by atoms with Crippen molar-refractivity contribution in [3.8, 4) is 0 Å². The van der Waals surface area contributed by atoms with Crippen LogP contribution in [0.5, 0.6) is 0 Å². The molecule has 2 rings (SSSR count). The lowest BCUT2D eigenvalue weighted by Crippen LogP contribution is -2.04. The molecule has 0 spiro atoms. The van der Waals surface area contributed by atoms with E-state index in [0.717, 1.165) is 35.8 Å². The fourth-order valence-electron chi connectivity index (χ4n) is 1.73. The quantitative estimate of drug-likeness (QED) is 0.665. The summed E-state index contributed by atoms with van der Waals surface area (Å²) in [5.74, 6) is 1.84. The van der Waals surface area contributed by atoms with Gasteiger partial charge in [0.15, 0.2) is 0 Å². The van der Waals surface area contributed by atoms with Gasteiger partial charge in [0, 0.05) is 17.1 Å². The average molecular weight is 262 g/mol. The predicted octanol–water partition coefficient (Wildman–Crippen LogP) is 2.87. The Hall–Kier alpha value is -1.49. The average Bonchev–Trinajstić information content (AvgIpc) is 2.79. The molecule has 1 aromatic carbocycles. The molecule has 5 heteroatoms. The Bertz CT molecular complexity index is 521. The molecule has 1 heterocycles. The van der Waals surface area contributed by atoms with Crippen LogP contribution in [0, 0.1) is 6.92 Å². The van der Waals surface area contributed by atoms with Crippen molar-refractivity contribution in [2.24, 2.45) is 0 Å². The number of hydrogen-bond donors (Lipinski definition) is 1. The van der Waals surface area contributed by atoms with Crippen LogP contribution in [0.3, 0.4) is 0 Å². The number of anilines is 1. The van der Waals surface area contributed by atoms with Crippen LogP contribution in [0.15, 0.2) is 29.4 Å². The highest BCUT2D eigenvalue weighted by Gasteiger charge is 2.06. The second kappa shape index (κ2) is 5.91. The minimum absolute atomic E-state index is 0.824. The van der Waals surface area contributed by atoms with E-state index in [1.807, 2.05) is 16.8 Å². The molecule has 2 aromatic rings. The molecular weight excluding hydrogens is 244 g/mol. The Morgan fingerprint density at radius 1 is 1.39 bits per heavy atom. The summed E-state index contributed by atoms with van der Waals surface area (Å²) in [7, 11) is 0. The highest BCUT2D eigenvalue weighted by molar-refractivity contribution is 7.98. The second-order valence-corrected chi connectivity index (χ2v) is 5.18. The van der Waals surface area contributed by atoms with E-state index in [1.165, 1.54) is 4.90 Å². The van der Waals surface area contributed by atoms with Crippen molar-refractivity contribution in [1.29, 1.82) is 0 Å². The lowest BCUT2D eigenvalue weighted by atomic mass is 10.2. The van der Waals surface area contributed by atoms with E-state index in [4.69, 9.17) is 5.73 Å². The number of rotatable bonds is 5. The summed E-state index contributed by atoms with van der Waals surface area (Å²) in [4.78, 5) is 5.51. The number of nitrogens with two attached hydrogens (primary N) is 1. The van der Waals surface area contributed by atoms with E-state index >= 15 is 0 Å². The molecule has 18 heavy (non-hydrogen) atoms. The number of benzene rings is 1. The van der Waals surface area contributed by atoms with Crippen LogP contribution in [0.25, 0.3) is 0 Å². The summed E-state index contributed by atoms with van der Waals surface area (Å²) in [5.41, 5.74) is 7.89. The third-order valence-electron chi connectivity index (χ3n) is 2.81. The van der Waals surface area contributed by atoms with E-state index in [1.54, 1.807) is 18.1 Å². The maximum absolute atomic E-state index is 5.90. The minimum Gasteiger partial charge on any atom is -0.398 e. The van der Waals surface area contributed by atoms with Gasteiger partial charge in [-0.3, -0.25) is 0 Å². The number of aryl methyl sites for hydroxylation is 1. The monoisotopic (exact) mass is 262 g/mol. The van der Waals surface area contributed by atoms with Gasteiger partial charge in [0.2, 0.25) is 0 Å². The Morgan fingerprint density at radius 2 is 2.22 bits per heavy atom. The second-order valence-electron chi connectivity index (χ2n) is 4.16. The van der Waals surface area contributed by atoms with Gasteiger partial charge in [-0.25, -0.2) is 9.67 Å². The maximum Gasteiger partial charge on any atom is 0.138 e. The van der Waals surface area contributed by atoms with Gasteiger partial charge in [-0.05, 0) is 31.0 Å². The van der Waals surface area contributed by atoms with Crippen molar-refractivity contribution < 1.29 is 0 Å². The summed E-state index contributed by atoms with van der Waals surface area (Å²) in [6.07, 6.45) is 2.69. The Kier molecular flexibility index (Phi) is 4.25. The molecule has 1 aromatic heterocycles. The lowest BCUT2D eigenvalue weighted by molar-refractivity contribution is 0.581. The van der Waals surface area contributed by atoms with Gasteiger partial charge in [-0.2, -0.15) is 5.10 Å². The van der Waals surface area contributed by atoms with Crippen LogP contribution in [-0.4, -0.2) is 14.8 Å². The molecule has 0 atom stereocenters. The van der Waals surface area contributed by atoms with Gasteiger partial charge >= 0.3 is 0 Å². The molecule has 0 saturated heterocycles. The summed E-state index contributed by atoms with van der Waals surface area (Å²) in [5, 5.41) is 4.23. The van der Waals surface area contributed by atoms with E-state index in [-0.39, 0.29) is 0 Å². The third-order valence-corrected chi connectivity index (χ3v) is 3.97. The highest BCUT2D eigenvalue weighted by atomic mass is 32.2. The lowest BCUT2D eigenvalue weighted by Gasteiger charge is -2.08. The third kappa shape index (κ3) is 2.85. The van der Waals surface area contributed by atoms with Crippen LogP contribution in [-0.2, 0) is 12.3 Å². The van der Waals surface area contributed by atoms with Crippen molar-refractivity contribution in [3.05, 3.63) is 35.9 Å². The van der Waals surface area contributed by atoms with E-state index < -0.39 is 0 Å². The topological polar surface area (TPSA) is 56.7 Å². The van der Waals surface area contributed by atoms with Crippen LogP contribution >= 0.6 is 11.8 Å². The van der Waals surface area contributed by atoms with Gasteiger partial charge in [-0.1, -0.05) is 13.0 Å². The molecule has 0 saturated carbocycles. The summed E-state index contributed by atoms with van der Waals surface area (Å²) >= 11 is 1.76. The first-order valence-electron chi connectivity index (χ1n) is 6.07. The Balaban J connectivity index is 2.07. The zero-order valence-electron chi connectivity index (χ0n) is 10.8.